The van der Waals surface area contributed by atoms with Crippen LogP contribution in [0.5, 0.6) is 0 Å². The van der Waals surface area contributed by atoms with Crippen molar-refractivity contribution >= 4 is 51.5 Å². The van der Waals surface area contributed by atoms with Crippen LogP contribution in [0, 0.1) is 0 Å². The molecule has 0 aliphatic rings. The van der Waals surface area contributed by atoms with Gasteiger partial charge in [-0.1, -0.05) is 6.07 Å². The predicted molar refractivity (Wildman–Crippen MR) is 125 cm³/mol. The number of ether oxygens (including phenoxy) is 1. The van der Waals surface area contributed by atoms with Crippen molar-refractivity contribution in [2.24, 2.45) is 0 Å². The Bertz CT molecular complexity index is 1150. The first-order valence-corrected chi connectivity index (χ1v) is 10.8. The maximum Gasteiger partial charge on any atom is 0.412 e. The fourth-order valence-electron chi connectivity index (χ4n) is 2.60. The van der Waals surface area contributed by atoms with Gasteiger partial charge >= 0.3 is 6.09 Å². The van der Waals surface area contributed by atoms with E-state index in [2.05, 4.69) is 30.6 Å². The van der Waals surface area contributed by atoms with Crippen molar-refractivity contribution in [2.75, 3.05) is 20.7 Å². The zero-order valence-electron chi connectivity index (χ0n) is 17.7. The Morgan fingerprint density at radius 2 is 1.59 bits per heavy atom. The van der Waals surface area contributed by atoms with E-state index in [9.17, 15) is 13.2 Å². The van der Waals surface area contributed by atoms with Crippen molar-refractivity contribution in [1.82, 2.24) is 9.97 Å². The van der Waals surface area contributed by atoms with E-state index in [1.54, 1.807) is 81.6 Å². The summed E-state index contributed by atoms with van der Waals surface area (Å²) < 4.78 is 29.2. The van der Waals surface area contributed by atoms with Gasteiger partial charge in [0.1, 0.15) is 11.4 Å². The Morgan fingerprint density at radius 3 is 2.28 bits per heavy atom. The van der Waals surface area contributed by atoms with Crippen molar-refractivity contribution in [3.8, 4) is 0 Å². The normalized spacial score (nSPS) is 11.0. The molecule has 3 rings (SSSR count). The molecule has 0 atom stereocenters. The monoisotopic (exact) mass is 456 g/mol. The van der Waals surface area contributed by atoms with Gasteiger partial charge in [0.2, 0.25) is 16.8 Å². The molecule has 32 heavy (non-hydrogen) atoms. The summed E-state index contributed by atoms with van der Waals surface area (Å²) >= 11 is 0. The number of hydrogen-bond acceptors (Lipinski definition) is 8. The Kier molecular flexibility index (Phi) is 7.11. The predicted octanol–water partition coefficient (Wildman–Crippen LogP) is 4.25. The highest BCUT2D eigenvalue weighted by molar-refractivity contribution is 7.73. The van der Waals surface area contributed by atoms with Crippen LogP contribution in [0.25, 0.3) is 0 Å². The first-order valence-electron chi connectivity index (χ1n) is 9.64. The third-order valence-electron chi connectivity index (χ3n) is 3.80. The third kappa shape index (κ3) is 7.43. The topological polar surface area (TPSA) is 134 Å². The quantitative estimate of drug-likeness (QED) is 0.333. The van der Waals surface area contributed by atoms with Crippen LogP contribution < -0.4 is 20.7 Å². The number of anilines is 6. The highest BCUT2D eigenvalue weighted by Gasteiger charge is 2.16. The highest BCUT2D eigenvalue weighted by Crippen LogP contribution is 2.21. The van der Waals surface area contributed by atoms with Gasteiger partial charge < -0.3 is 15.4 Å². The summed E-state index contributed by atoms with van der Waals surface area (Å²) in [6, 6.07) is 15.5. The van der Waals surface area contributed by atoms with E-state index in [-0.39, 0.29) is 0 Å². The Balaban J connectivity index is 1.63. The van der Waals surface area contributed by atoms with Crippen molar-refractivity contribution in [3.05, 3.63) is 60.8 Å². The minimum Gasteiger partial charge on any atom is -0.444 e. The molecule has 4 N–H and O–H groups in total. The van der Waals surface area contributed by atoms with Gasteiger partial charge in [-0.05, 0) is 69.3 Å². The molecule has 10 nitrogen and oxygen atoms in total. The fraction of sp³-hybridized carbons (Fsp3) is 0.190. The summed E-state index contributed by atoms with van der Waals surface area (Å²) in [5, 5.41) is 8.87. The summed E-state index contributed by atoms with van der Waals surface area (Å²) in [4.78, 5) is 20.4. The van der Waals surface area contributed by atoms with Gasteiger partial charge in [-0.15, -0.1) is 0 Å². The zero-order valence-corrected chi connectivity index (χ0v) is 18.6. The van der Waals surface area contributed by atoms with Crippen LogP contribution in [0.15, 0.2) is 60.8 Å². The number of amides is 1. The number of thiol groups is 1. The molecule has 0 fully saturated rings. The molecule has 3 aromatic rings. The van der Waals surface area contributed by atoms with Gasteiger partial charge in [0.15, 0.2) is 0 Å². The molecule has 11 heteroatoms. The lowest BCUT2D eigenvalue weighted by atomic mass is 10.2. The van der Waals surface area contributed by atoms with Crippen LogP contribution in [0.3, 0.4) is 0 Å². The number of rotatable bonds is 7. The second-order valence-corrected chi connectivity index (χ2v) is 8.41. The molecule has 0 saturated carbocycles. The van der Waals surface area contributed by atoms with Gasteiger partial charge in [-0.25, -0.2) is 18.2 Å². The summed E-state index contributed by atoms with van der Waals surface area (Å²) in [5.41, 5.74) is 1.84. The van der Waals surface area contributed by atoms with E-state index in [4.69, 9.17) is 4.74 Å². The van der Waals surface area contributed by atoms with Crippen molar-refractivity contribution < 1.29 is 17.9 Å². The maximum absolute atomic E-state index is 11.9. The summed E-state index contributed by atoms with van der Waals surface area (Å²) in [6.45, 7) is 5.40. The molecule has 0 bridgehead atoms. The Labute approximate surface area is 187 Å². The number of nitrogens with zero attached hydrogens (tertiary/aromatic N) is 2. The number of nitrogens with one attached hydrogen (secondary N) is 4. The van der Waals surface area contributed by atoms with Crippen LogP contribution >= 0.6 is 0 Å². The lowest BCUT2D eigenvalue weighted by Crippen LogP contribution is -2.27. The van der Waals surface area contributed by atoms with E-state index >= 15 is 0 Å². The molecule has 0 radical (unpaired) electrons. The molecule has 0 saturated heterocycles. The summed E-state index contributed by atoms with van der Waals surface area (Å²) in [7, 11) is -2.75. The number of aromatic nitrogens is 2. The number of carbonyl (C=O) groups excluding carboxylic acids is 1. The van der Waals surface area contributed by atoms with E-state index in [0.717, 1.165) is 5.69 Å². The standard InChI is InChI=1S/C21H24N6O4S/c1-21(2,3)31-20(28)25-15-9-7-14(8-10-15)23-18-11-12-22-19(26-18)24-16-5-4-6-17(13-16)27-32(29)30/h4-13,32H,1-3H3,(H,25,28)(H,27,29,30)(H2,22,23,24,26). The number of carbonyl (C=O) groups is 1. The van der Waals surface area contributed by atoms with Crippen LogP contribution in [0.4, 0.5) is 39.3 Å². The molecule has 1 amide bonds. The lowest BCUT2D eigenvalue weighted by Gasteiger charge is -2.19. The Morgan fingerprint density at radius 1 is 0.906 bits per heavy atom. The Hall–Kier alpha value is -3.86. The molecule has 1 aromatic heterocycles. The first kappa shape index (κ1) is 22.8. The molecule has 1 heterocycles. The second kappa shape index (κ2) is 9.96. The van der Waals surface area contributed by atoms with Gasteiger partial charge in [-0.3, -0.25) is 10.0 Å². The number of benzene rings is 2. The highest BCUT2D eigenvalue weighted by atomic mass is 32.2. The fourth-order valence-corrected chi connectivity index (χ4v) is 2.95. The van der Waals surface area contributed by atoms with E-state index in [1.165, 1.54) is 0 Å². The van der Waals surface area contributed by atoms with Crippen molar-refractivity contribution in [2.45, 2.75) is 26.4 Å². The average molecular weight is 457 g/mol. The van der Waals surface area contributed by atoms with Crippen LogP contribution in [0.1, 0.15) is 20.8 Å². The minimum atomic E-state index is -2.75. The minimum absolute atomic E-state index is 0.335. The van der Waals surface area contributed by atoms with Crippen LogP contribution in [-0.2, 0) is 15.6 Å². The molecule has 168 valence electrons. The van der Waals surface area contributed by atoms with Crippen molar-refractivity contribution in [1.29, 1.82) is 0 Å². The third-order valence-corrected chi connectivity index (χ3v) is 4.24. The lowest BCUT2D eigenvalue weighted by molar-refractivity contribution is 0.0636. The first-order chi connectivity index (χ1) is 15.2. The van der Waals surface area contributed by atoms with Gasteiger partial charge in [0, 0.05) is 23.3 Å². The molecule has 0 aliphatic heterocycles. The second-order valence-electron chi connectivity index (χ2n) is 7.67. The molecule has 0 aliphatic carbocycles. The smallest absolute Gasteiger partial charge is 0.412 e. The maximum atomic E-state index is 11.9. The van der Waals surface area contributed by atoms with Gasteiger partial charge in [0.25, 0.3) is 0 Å². The van der Waals surface area contributed by atoms with E-state index in [0.29, 0.717) is 28.8 Å². The van der Waals surface area contributed by atoms with Gasteiger partial charge in [-0.2, -0.15) is 4.98 Å². The molecule has 2 aromatic carbocycles. The van der Waals surface area contributed by atoms with Gasteiger partial charge in [0.05, 0.1) is 5.69 Å². The zero-order chi connectivity index (χ0) is 23.1. The SMILES string of the molecule is CC(C)(C)OC(=O)Nc1ccc(Nc2ccnc(Nc3cccc(N[SH](=O)=O)c3)n2)cc1. The van der Waals surface area contributed by atoms with E-state index in [1.807, 2.05) is 0 Å². The largest absolute Gasteiger partial charge is 0.444 e. The molecular formula is C21H24N6O4S. The number of hydrogen-bond donors (Lipinski definition) is 5. The molecule has 0 spiro atoms. The molecule has 0 unspecified atom stereocenters. The van der Waals surface area contributed by atoms with E-state index < -0.39 is 22.6 Å². The molecular weight excluding hydrogens is 432 g/mol. The summed E-state index contributed by atoms with van der Waals surface area (Å²) in [6.07, 6.45) is 1.07. The van der Waals surface area contributed by atoms with Crippen LogP contribution in [0.2, 0.25) is 0 Å². The van der Waals surface area contributed by atoms with Crippen LogP contribution in [-0.4, -0.2) is 30.1 Å². The average Bonchev–Trinajstić information content (AvgIpc) is 2.68. The summed E-state index contributed by atoms with van der Waals surface area (Å²) in [5.74, 6) is 0.883. The van der Waals surface area contributed by atoms with Crippen molar-refractivity contribution in [3.63, 3.8) is 0 Å².